The number of nitrogens with zero attached hydrogens (tertiary/aromatic N) is 1. The van der Waals surface area contributed by atoms with Gasteiger partial charge >= 0.3 is 12.1 Å². The second-order valence-electron chi connectivity index (χ2n) is 9.17. The van der Waals surface area contributed by atoms with E-state index in [1.54, 1.807) is 19.1 Å². The minimum atomic E-state index is -4.40. The summed E-state index contributed by atoms with van der Waals surface area (Å²) in [5, 5.41) is 15.9. The van der Waals surface area contributed by atoms with Gasteiger partial charge in [-0.25, -0.2) is 0 Å². The lowest BCUT2D eigenvalue weighted by molar-refractivity contribution is -0.139. The molecule has 0 spiro atoms. The standard InChI is InChI=1S/C26H32BF3N2O3/c1-17(20-8-9-21(24(27)14-20)15-31-12-11-25(33)34)32-35-16-18-7-10-22(19-5-3-2-4-6-19)23(13-18)26(28,29)30/h7-10,13-14,19,31H,2-6,11-12,15-16,27H2,1H3,(H,33,34)/b32-17+. The summed E-state index contributed by atoms with van der Waals surface area (Å²) in [6, 6.07) is 10.3. The average molecular weight is 488 g/mol. The molecule has 35 heavy (non-hydrogen) atoms. The molecule has 0 amide bonds. The number of rotatable bonds is 10. The van der Waals surface area contributed by atoms with E-state index in [0.717, 1.165) is 48.7 Å². The second-order valence-corrected chi connectivity index (χ2v) is 9.17. The van der Waals surface area contributed by atoms with Gasteiger partial charge in [0.15, 0.2) is 0 Å². The van der Waals surface area contributed by atoms with Crippen LogP contribution in [0, 0.1) is 0 Å². The number of carboxylic acid groups (broad SMARTS) is 1. The van der Waals surface area contributed by atoms with Crippen molar-refractivity contribution in [1.29, 1.82) is 0 Å². The van der Waals surface area contributed by atoms with Gasteiger partial charge in [-0.1, -0.05) is 60.2 Å². The lowest BCUT2D eigenvalue weighted by Crippen LogP contribution is -2.22. The van der Waals surface area contributed by atoms with Crippen molar-refractivity contribution in [2.24, 2.45) is 5.16 Å². The number of aliphatic carboxylic acids is 1. The van der Waals surface area contributed by atoms with E-state index in [1.165, 1.54) is 6.07 Å². The fourth-order valence-corrected chi connectivity index (χ4v) is 4.50. The summed E-state index contributed by atoms with van der Waals surface area (Å²) in [7, 11) is 1.96. The normalized spacial score (nSPS) is 15.3. The molecule has 0 radical (unpaired) electrons. The smallest absolute Gasteiger partial charge is 0.416 e. The summed E-state index contributed by atoms with van der Waals surface area (Å²) < 4.78 is 41.3. The van der Waals surface area contributed by atoms with Crippen LogP contribution in [-0.2, 0) is 29.0 Å². The summed E-state index contributed by atoms with van der Waals surface area (Å²) in [5.74, 6) is -0.875. The Morgan fingerprint density at radius 2 is 1.91 bits per heavy atom. The SMILES string of the molecule is Bc1cc(/C(C)=N/OCc2ccc(C3CCCCC3)c(C(F)(F)F)c2)ccc1CNCCC(=O)O. The van der Waals surface area contributed by atoms with Crippen molar-refractivity contribution >= 4 is 25.0 Å². The number of carboxylic acids is 1. The predicted molar refractivity (Wildman–Crippen MR) is 133 cm³/mol. The highest BCUT2D eigenvalue weighted by atomic mass is 19.4. The van der Waals surface area contributed by atoms with E-state index in [9.17, 15) is 18.0 Å². The monoisotopic (exact) mass is 488 g/mol. The topological polar surface area (TPSA) is 70.9 Å². The summed E-state index contributed by atoms with van der Waals surface area (Å²) in [6.07, 6.45) is 0.313. The fraction of sp³-hybridized carbons (Fsp3) is 0.462. The maximum absolute atomic E-state index is 13.8. The van der Waals surface area contributed by atoms with E-state index >= 15 is 0 Å². The lowest BCUT2D eigenvalue weighted by atomic mass is 9.81. The summed E-state index contributed by atoms with van der Waals surface area (Å²) in [4.78, 5) is 16.0. The van der Waals surface area contributed by atoms with Crippen LogP contribution in [0.1, 0.15) is 79.2 Å². The molecule has 0 bridgehead atoms. The molecule has 1 aliphatic rings. The molecule has 0 aliphatic heterocycles. The molecule has 0 unspecified atom stereocenters. The Balaban J connectivity index is 1.63. The number of nitrogens with one attached hydrogen (secondary N) is 1. The van der Waals surface area contributed by atoms with Gasteiger partial charge in [-0.05, 0) is 54.0 Å². The summed E-state index contributed by atoms with van der Waals surface area (Å²) in [6.45, 7) is 2.69. The molecule has 5 nitrogen and oxygen atoms in total. The molecule has 0 aromatic heterocycles. The molecule has 0 saturated heterocycles. The van der Waals surface area contributed by atoms with Gasteiger partial charge in [0.2, 0.25) is 0 Å². The third kappa shape index (κ3) is 7.85. The Morgan fingerprint density at radius 3 is 2.57 bits per heavy atom. The van der Waals surface area contributed by atoms with Gasteiger partial charge in [0.05, 0.1) is 17.7 Å². The molecular formula is C26H32BF3N2O3. The molecule has 0 heterocycles. The molecule has 1 saturated carbocycles. The third-order valence-electron chi connectivity index (χ3n) is 6.49. The first kappa shape index (κ1) is 26.8. The van der Waals surface area contributed by atoms with Crippen molar-refractivity contribution in [3.63, 3.8) is 0 Å². The van der Waals surface area contributed by atoms with E-state index in [0.29, 0.717) is 29.9 Å². The van der Waals surface area contributed by atoms with Crippen LogP contribution in [0.2, 0.25) is 0 Å². The molecule has 2 N–H and O–H groups in total. The highest BCUT2D eigenvalue weighted by Crippen LogP contribution is 2.41. The van der Waals surface area contributed by atoms with Crippen LogP contribution in [0.5, 0.6) is 0 Å². The van der Waals surface area contributed by atoms with Crippen LogP contribution in [0.3, 0.4) is 0 Å². The minimum Gasteiger partial charge on any atom is -0.481 e. The van der Waals surface area contributed by atoms with E-state index in [1.807, 2.05) is 26.0 Å². The Kier molecular flexibility index (Phi) is 9.37. The lowest BCUT2D eigenvalue weighted by Gasteiger charge is -2.25. The highest BCUT2D eigenvalue weighted by Gasteiger charge is 2.35. The van der Waals surface area contributed by atoms with Crippen molar-refractivity contribution in [2.45, 2.75) is 70.7 Å². The van der Waals surface area contributed by atoms with Gasteiger partial charge in [0, 0.05) is 13.1 Å². The second kappa shape index (κ2) is 12.2. The largest absolute Gasteiger partial charge is 0.481 e. The van der Waals surface area contributed by atoms with E-state index in [2.05, 4.69) is 10.5 Å². The molecule has 2 aromatic carbocycles. The number of oxime groups is 1. The maximum Gasteiger partial charge on any atom is 0.416 e. The van der Waals surface area contributed by atoms with Gasteiger partial charge < -0.3 is 15.3 Å². The van der Waals surface area contributed by atoms with Gasteiger partial charge in [-0.3, -0.25) is 4.79 Å². The molecule has 1 fully saturated rings. The van der Waals surface area contributed by atoms with Gasteiger partial charge in [0.1, 0.15) is 14.5 Å². The molecule has 188 valence electrons. The number of carbonyl (C=O) groups is 1. The maximum atomic E-state index is 13.8. The van der Waals surface area contributed by atoms with Crippen LogP contribution in [0.25, 0.3) is 0 Å². The third-order valence-corrected chi connectivity index (χ3v) is 6.49. The molecule has 2 aromatic rings. The number of halogens is 3. The molecule has 9 heteroatoms. The van der Waals surface area contributed by atoms with Crippen molar-refractivity contribution in [3.05, 3.63) is 64.2 Å². The van der Waals surface area contributed by atoms with Crippen LogP contribution in [-0.4, -0.2) is 31.2 Å². The molecule has 0 atom stereocenters. The summed E-state index contributed by atoms with van der Waals surface area (Å²) >= 11 is 0. The molecule has 3 rings (SSSR count). The van der Waals surface area contributed by atoms with Crippen molar-refractivity contribution in [3.8, 4) is 0 Å². The summed E-state index contributed by atoms with van der Waals surface area (Å²) in [5.41, 5.74) is 3.81. The molecular weight excluding hydrogens is 456 g/mol. The average Bonchev–Trinajstić information content (AvgIpc) is 2.82. The zero-order valence-electron chi connectivity index (χ0n) is 20.3. The predicted octanol–water partition coefficient (Wildman–Crippen LogP) is 4.52. The van der Waals surface area contributed by atoms with E-state index in [-0.39, 0.29) is 18.9 Å². The highest BCUT2D eigenvalue weighted by molar-refractivity contribution is 6.33. The van der Waals surface area contributed by atoms with Gasteiger partial charge in [-0.15, -0.1) is 0 Å². The van der Waals surface area contributed by atoms with Crippen molar-refractivity contribution < 1.29 is 27.9 Å². The number of alkyl halides is 3. The zero-order chi connectivity index (χ0) is 25.4. The van der Waals surface area contributed by atoms with Crippen LogP contribution in [0.4, 0.5) is 13.2 Å². The Labute approximate surface area is 205 Å². The zero-order valence-corrected chi connectivity index (χ0v) is 20.3. The van der Waals surface area contributed by atoms with Crippen molar-refractivity contribution in [2.75, 3.05) is 6.54 Å². The van der Waals surface area contributed by atoms with Crippen LogP contribution < -0.4 is 10.8 Å². The number of benzene rings is 2. The molecule has 1 aliphatic carbocycles. The van der Waals surface area contributed by atoms with Gasteiger partial charge in [-0.2, -0.15) is 13.2 Å². The quantitative estimate of drug-likeness (QED) is 0.223. The van der Waals surface area contributed by atoms with Crippen LogP contribution in [0.15, 0.2) is 41.6 Å². The first-order chi connectivity index (χ1) is 16.6. The number of hydrogen-bond donors (Lipinski definition) is 2. The fourth-order valence-electron chi connectivity index (χ4n) is 4.50. The minimum absolute atomic E-state index is 0.0332. The van der Waals surface area contributed by atoms with E-state index < -0.39 is 17.7 Å². The Bertz CT molecular complexity index is 1050. The number of hydrogen-bond acceptors (Lipinski definition) is 4. The Hall–Kier alpha value is -2.81. The van der Waals surface area contributed by atoms with Gasteiger partial charge in [0.25, 0.3) is 0 Å². The first-order valence-electron chi connectivity index (χ1n) is 12.0. The van der Waals surface area contributed by atoms with Crippen LogP contribution >= 0.6 is 0 Å². The van der Waals surface area contributed by atoms with Crippen molar-refractivity contribution in [1.82, 2.24) is 5.32 Å². The first-order valence-corrected chi connectivity index (χ1v) is 12.0. The van der Waals surface area contributed by atoms with E-state index in [4.69, 9.17) is 9.94 Å². The Morgan fingerprint density at radius 1 is 1.17 bits per heavy atom.